The molecule has 0 bridgehead atoms. The fourth-order valence-electron chi connectivity index (χ4n) is 2.67. The Bertz CT molecular complexity index is 253. The Hall–Kier alpha value is 0.651. The lowest BCUT2D eigenvalue weighted by Gasteiger charge is -2.53. The summed E-state index contributed by atoms with van der Waals surface area (Å²) < 4.78 is 0. The van der Waals surface area contributed by atoms with Crippen molar-refractivity contribution in [2.24, 2.45) is 0 Å². The summed E-state index contributed by atoms with van der Waals surface area (Å²) in [6.45, 7) is 28.3. The molecule has 0 unspecified atom stereocenters. The van der Waals surface area contributed by atoms with Crippen molar-refractivity contribution in [1.29, 1.82) is 0 Å². The lowest BCUT2D eigenvalue weighted by molar-refractivity contribution is 0.724. The molecular formula is C16H39Si3. The van der Waals surface area contributed by atoms with Gasteiger partial charge in [0.05, 0.1) is 0 Å². The molecule has 0 saturated heterocycles. The van der Waals surface area contributed by atoms with Gasteiger partial charge in [0, 0.05) is 23.0 Å². The third-order valence-corrected chi connectivity index (χ3v) is 43.7. The number of unbranched alkanes of at least 4 members (excludes halogenated alkanes) is 1. The third kappa shape index (κ3) is 4.31. The van der Waals surface area contributed by atoms with Crippen LogP contribution in [0.2, 0.25) is 42.3 Å². The Balaban J connectivity index is 5.58. The van der Waals surface area contributed by atoms with E-state index in [4.69, 9.17) is 0 Å². The smallest absolute Gasteiger partial charge is 0.0416 e. The van der Waals surface area contributed by atoms with Gasteiger partial charge in [-0.25, -0.2) is 0 Å². The fraction of sp³-hybridized carbons (Fsp3) is 1.00. The summed E-state index contributed by atoms with van der Waals surface area (Å²) in [6.07, 6.45) is 2.84. The van der Waals surface area contributed by atoms with Crippen LogP contribution in [0.25, 0.3) is 0 Å². The third-order valence-electron chi connectivity index (χ3n) is 6.04. The predicted molar refractivity (Wildman–Crippen MR) is 99.9 cm³/mol. The maximum absolute atomic E-state index is 2.71. The predicted octanol–water partition coefficient (Wildman–Crippen LogP) is 6.46. The molecule has 0 aliphatic rings. The molecule has 0 aliphatic heterocycles. The largest absolute Gasteiger partial charge is 0.0713 e. The Morgan fingerprint density at radius 1 is 0.737 bits per heavy atom. The zero-order valence-corrected chi connectivity index (χ0v) is 18.6. The van der Waals surface area contributed by atoms with Crippen molar-refractivity contribution < 1.29 is 0 Å². The molecule has 0 nitrogen and oxygen atoms in total. The second-order valence-electron chi connectivity index (χ2n) is 9.33. The zero-order chi connectivity index (χ0) is 15.7. The van der Waals surface area contributed by atoms with Gasteiger partial charge in [0.1, 0.15) is 0 Å². The van der Waals surface area contributed by atoms with Gasteiger partial charge in [-0.3, -0.25) is 0 Å². The summed E-state index contributed by atoms with van der Waals surface area (Å²) >= 11 is 0. The van der Waals surface area contributed by atoms with E-state index in [0.29, 0.717) is 10.1 Å². The second kappa shape index (κ2) is 6.18. The first-order valence-electron chi connectivity index (χ1n) is 8.06. The van der Waals surface area contributed by atoms with Crippen LogP contribution in [-0.2, 0) is 0 Å². The quantitative estimate of drug-likeness (QED) is 0.511. The topological polar surface area (TPSA) is 0 Å². The monoisotopic (exact) mass is 315 g/mol. The molecule has 0 aromatic heterocycles. The van der Waals surface area contributed by atoms with Crippen LogP contribution in [0, 0.1) is 0 Å². The molecule has 0 N–H and O–H groups in total. The van der Waals surface area contributed by atoms with Crippen molar-refractivity contribution in [3.8, 4) is 0 Å². The van der Waals surface area contributed by atoms with Crippen LogP contribution in [0.3, 0.4) is 0 Å². The van der Waals surface area contributed by atoms with Gasteiger partial charge in [0.15, 0.2) is 0 Å². The van der Waals surface area contributed by atoms with Crippen molar-refractivity contribution in [3.63, 3.8) is 0 Å². The number of hydrogen-bond acceptors (Lipinski definition) is 0. The molecule has 1 radical (unpaired) electrons. The summed E-state index contributed by atoms with van der Waals surface area (Å²) in [5, 5.41) is 1.12. The van der Waals surface area contributed by atoms with Gasteiger partial charge in [-0.1, -0.05) is 93.5 Å². The van der Waals surface area contributed by atoms with Crippen LogP contribution >= 0.6 is 0 Å². The van der Waals surface area contributed by atoms with Crippen molar-refractivity contribution >= 4 is 23.0 Å². The van der Waals surface area contributed by atoms with E-state index < -0.39 is 15.2 Å². The van der Waals surface area contributed by atoms with Crippen LogP contribution in [-0.4, -0.2) is 23.0 Å². The molecule has 0 aromatic carbocycles. The fourth-order valence-corrected chi connectivity index (χ4v) is 43.7. The number of rotatable bonds is 5. The van der Waals surface area contributed by atoms with Crippen LogP contribution in [0.4, 0.5) is 0 Å². The standard InChI is InChI=1S/C16H39Si3/c1-12-13-14-17(18(8,9)15(2,3)4)19(10,11)16(5,6)7/h12-14H2,1-11H3. The normalized spacial score (nSPS) is 15.2. The first-order valence-corrected chi connectivity index (χ1v) is 17.8. The molecule has 0 amide bonds. The van der Waals surface area contributed by atoms with E-state index in [1.807, 2.05) is 0 Å². The van der Waals surface area contributed by atoms with Gasteiger partial charge in [-0.15, -0.1) is 0 Å². The van der Waals surface area contributed by atoms with E-state index in [-0.39, 0.29) is 7.83 Å². The van der Waals surface area contributed by atoms with E-state index in [0.717, 1.165) is 0 Å². The second-order valence-corrected chi connectivity index (χ2v) is 32.9. The lowest BCUT2D eigenvalue weighted by atomic mass is 10.2. The highest BCUT2D eigenvalue weighted by Gasteiger charge is 2.53. The zero-order valence-electron chi connectivity index (χ0n) is 15.6. The first kappa shape index (κ1) is 19.7. The highest BCUT2D eigenvalue weighted by Crippen LogP contribution is 2.47. The molecule has 0 aromatic rings. The number of hydrogen-bond donors (Lipinski definition) is 0. The van der Waals surface area contributed by atoms with Crippen LogP contribution in [0.1, 0.15) is 61.3 Å². The van der Waals surface area contributed by atoms with E-state index in [1.54, 1.807) is 6.04 Å². The lowest BCUT2D eigenvalue weighted by Crippen LogP contribution is -2.68. The minimum atomic E-state index is -1.15. The van der Waals surface area contributed by atoms with Gasteiger partial charge >= 0.3 is 0 Å². The van der Waals surface area contributed by atoms with Crippen molar-refractivity contribution in [1.82, 2.24) is 0 Å². The molecule has 3 heteroatoms. The highest BCUT2D eigenvalue weighted by molar-refractivity contribution is 7.61. The van der Waals surface area contributed by atoms with Crippen molar-refractivity contribution in [3.05, 3.63) is 0 Å². The minimum Gasteiger partial charge on any atom is -0.0713 e. The molecule has 0 saturated carbocycles. The molecule has 0 spiro atoms. The SMILES string of the molecule is CCCC[Si]([Si](C)(C)C(C)(C)C)[Si](C)(C)C(C)(C)C. The molecular weight excluding hydrogens is 276 g/mol. The van der Waals surface area contributed by atoms with E-state index in [9.17, 15) is 0 Å². The molecule has 0 heterocycles. The first-order chi connectivity index (χ1) is 8.19. The molecule has 0 aliphatic carbocycles. The summed E-state index contributed by atoms with van der Waals surface area (Å²) in [7, 11) is -2.50. The van der Waals surface area contributed by atoms with Gasteiger partial charge < -0.3 is 0 Å². The van der Waals surface area contributed by atoms with Crippen molar-refractivity contribution in [2.45, 2.75) is 104 Å². The van der Waals surface area contributed by atoms with Gasteiger partial charge in [0.2, 0.25) is 0 Å². The maximum atomic E-state index is 2.71. The van der Waals surface area contributed by atoms with Gasteiger partial charge in [-0.05, 0) is 10.1 Å². The molecule has 0 fully saturated rings. The summed E-state index contributed by atoms with van der Waals surface area (Å²) in [6, 6.07) is 1.58. The molecule has 19 heavy (non-hydrogen) atoms. The van der Waals surface area contributed by atoms with Crippen molar-refractivity contribution in [2.75, 3.05) is 0 Å². The highest BCUT2D eigenvalue weighted by atomic mass is 29.6. The van der Waals surface area contributed by atoms with Gasteiger partial charge in [0.25, 0.3) is 0 Å². The average molecular weight is 316 g/mol. The maximum Gasteiger partial charge on any atom is 0.0416 e. The Morgan fingerprint density at radius 2 is 1.05 bits per heavy atom. The van der Waals surface area contributed by atoms with Crippen LogP contribution in [0.15, 0.2) is 0 Å². The minimum absolute atomic E-state index is 0.197. The van der Waals surface area contributed by atoms with Crippen LogP contribution in [0.5, 0.6) is 0 Å². The average Bonchev–Trinajstić information content (AvgIpc) is 2.13. The van der Waals surface area contributed by atoms with Crippen LogP contribution < -0.4 is 0 Å². The Kier molecular flexibility index (Phi) is 6.40. The summed E-state index contributed by atoms with van der Waals surface area (Å²) in [4.78, 5) is 0. The van der Waals surface area contributed by atoms with E-state index >= 15 is 0 Å². The molecule has 115 valence electrons. The Labute approximate surface area is 127 Å². The Morgan fingerprint density at radius 3 is 1.26 bits per heavy atom. The molecule has 0 atom stereocenters. The van der Waals surface area contributed by atoms with Gasteiger partial charge in [-0.2, -0.15) is 0 Å². The summed E-state index contributed by atoms with van der Waals surface area (Å²) in [5.41, 5.74) is 0. The van der Waals surface area contributed by atoms with E-state index in [1.165, 1.54) is 12.8 Å². The summed E-state index contributed by atoms with van der Waals surface area (Å²) in [5.74, 6) is 0. The van der Waals surface area contributed by atoms with E-state index in [2.05, 4.69) is 74.7 Å². The molecule has 0 rings (SSSR count).